The van der Waals surface area contributed by atoms with Crippen LogP contribution in [0.2, 0.25) is 0 Å². The Labute approximate surface area is 257 Å². The number of nitrogens with two attached hydrogens (primary N) is 1. The van der Waals surface area contributed by atoms with E-state index in [0.29, 0.717) is 5.56 Å². The Morgan fingerprint density at radius 3 is 1.77 bits per heavy atom. The van der Waals surface area contributed by atoms with E-state index in [0.717, 1.165) is 27.4 Å². The van der Waals surface area contributed by atoms with Crippen LogP contribution >= 0.6 is 12.6 Å². The number of para-hydroxylation sites is 2. The highest BCUT2D eigenvalue weighted by Gasteiger charge is 2.31. The summed E-state index contributed by atoms with van der Waals surface area (Å²) >= 11 is 4.16. The van der Waals surface area contributed by atoms with Crippen molar-refractivity contribution in [3.63, 3.8) is 0 Å². The normalized spacial score (nSPS) is 14.0. The average Bonchev–Trinajstić information content (AvgIpc) is 3.61. The van der Waals surface area contributed by atoms with Gasteiger partial charge in [0.25, 0.3) is 0 Å². The number of aliphatic carboxylic acids is 2. The van der Waals surface area contributed by atoms with Gasteiger partial charge in [-0.15, -0.1) is 0 Å². The Morgan fingerprint density at radius 1 is 0.727 bits per heavy atom. The number of nitrogens with one attached hydrogen (secondary N) is 5. The van der Waals surface area contributed by atoms with Crippen molar-refractivity contribution in [1.29, 1.82) is 0 Å². The Morgan fingerprint density at radius 2 is 1.23 bits per heavy atom. The molecular formula is C30H34N6O7S. The summed E-state index contributed by atoms with van der Waals surface area (Å²) in [4.78, 5) is 68.7. The van der Waals surface area contributed by atoms with Crippen LogP contribution in [0.4, 0.5) is 0 Å². The van der Waals surface area contributed by atoms with Crippen molar-refractivity contribution in [2.45, 2.75) is 49.9 Å². The summed E-state index contributed by atoms with van der Waals surface area (Å²) in [7, 11) is 0. The number of H-pyrrole nitrogens is 2. The maximum atomic E-state index is 13.2. The first kappa shape index (κ1) is 32.1. The molecule has 0 aliphatic carbocycles. The number of thiol groups is 1. The first-order valence-corrected chi connectivity index (χ1v) is 14.5. The zero-order chi connectivity index (χ0) is 31.8. The van der Waals surface area contributed by atoms with Gasteiger partial charge in [-0.2, -0.15) is 12.6 Å². The number of carboxylic acids is 2. The van der Waals surface area contributed by atoms with Gasteiger partial charge >= 0.3 is 11.9 Å². The number of hydrogen-bond acceptors (Lipinski definition) is 7. The molecule has 44 heavy (non-hydrogen) atoms. The molecule has 2 aromatic carbocycles. The van der Waals surface area contributed by atoms with E-state index < -0.39 is 60.2 Å². The maximum absolute atomic E-state index is 13.2. The lowest BCUT2D eigenvalue weighted by Crippen LogP contribution is -2.58. The molecule has 0 bridgehead atoms. The lowest BCUT2D eigenvalue weighted by molar-refractivity contribution is -0.143. The van der Waals surface area contributed by atoms with E-state index in [1.807, 2.05) is 42.5 Å². The third-order valence-electron chi connectivity index (χ3n) is 7.26. The van der Waals surface area contributed by atoms with E-state index in [4.69, 9.17) is 5.73 Å². The second-order valence-electron chi connectivity index (χ2n) is 10.4. The molecule has 9 N–H and O–H groups in total. The zero-order valence-corrected chi connectivity index (χ0v) is 24.5. The highest BCUT2D eigenvalue weighted by molar-refractivity contribution is 7.80. The number of fused-ring (bicyclic) bond motifs is 2. The van der Waals surface area contributed by atoms with E-state index in [9.17, 15) is 34.2 Å². The molecule has 232 valence electrons. The third kappa shape index (κ3) is 7.96. The number of hydrogen-bond donors (Lipinski definition) is 9. The highest BCUT2D eigenvalue weighted by atomic mass is 32.1. The Hall–Kier alpha value is -4.82. The fourth-order valence-corrected chi connectivity index (χ4v) is 5.16. The fourth-order valence-electron chi connectivity index (χ4n) is 4.90. The van der Waals surface area contributed by atoms with E-state index in [-0.39, 0.29) is 25.0 Å². The molecule has 0 saturated heterocycles. The van der Waals surface area contributed by atoms with Crippen LogP contribution in [0.5, 0.6) is 0 Å². The molecule has 0 aliphatic heterocycles. The quantitative estimate of drug-likeness (QED) is 0.0872. The zero-order valence-electron chi connectivity index (χ0n) is 23.6. The SMILES string of the molecule is NC(Cc1c[nH]c2ccccc12)C(=O)NC(CS)C(=O)NC(CCC(=O)O)C(=O)NC(Cc1c[nH]c2ccccc12)C(=O)O. The summed E-state index contributed by atoms with van der Waals surface area (Å²) in [6.07, 6.45) is 2.74. The lowest BCUT2D eigenvalue weighted by Gasteiger charge is -2.24. The molecule has 4 aromatic rings. The van der Waals surface area contributed by atoms with Crippen molar-refractivity contribution in [2.24, 2.45) is 5.73 Å². The van der Waals surface area contributed by atoms with Crippen molar-refractivity contribution in [3.05, 3.63) is 72.1 Å². The Bertz CT molecular complexity index is 1670. The second kappa shape index (κ2) is 14.6. The molecule has 4 atom stereocenters. The van der Waals surface area contributed by atoms with Crippen molar-refractivity contribution in [2.75, 3.05) is 5.75 Å². The van der Waals surface area contributed by atoms with Crippen LogP contribution in [-0.2, 0) is 36.8 Å². The maximum Gasteiger partial charge on any atom is 0.326 e. The fraction of sp³-hybridized carbons (Fsp3) is 0.300. The number of carbonyl (C=O) groups is 5. The summed E-state index contributed by atoms with van der Waals surface area (Å²) < 4.78 is 0. The lowest BCUT2D eigenvalue weighted by atomic mass is 10.0. The molecule has 4 rings (SSSR count). The number of aromatic amines is 2. The largest absolute Gasteiger partial charge is 0.481 e. The number of carboxylic acid groups (broad SMARTS) is 2. The first-order valence-electron chi connectivity index (χ1n) is 13.9. The molecular weight excluding hydrogens is 588 g/mol. The number of rotatable bonds is 15. The molecule has 0 spiro atoms. The minimum absolute atomic E-state index is 0.0612. The molecule has 13 nitrogen and oxygen atoms in total. The van der Waals surface area contributed by atoms with Gasteiger partial charge in [-0.3, -0.25) is 19.2 Å². The third-order valence-corrected chi connectivity index (χ3v) is 7.63. The Balaban J connectivity index is 1.41. The molecule has 2 aromatic heterocycles. The van der Waals surface area contributed by atoms with Gasteiger partial charge in [0.15, 0.2) is 0 Å². The van der Waals surface area contributed by atoms with Crippen LogP contribution < -0.4 is 21.7 Å². The first-order chi connectivity index (χ1) is 21.1. The van der Waals surface area contributed by atoms with Crippen LogP contribution in [0.25, 0.3) is 21.8 Å². The van der Waals surface area contributed by atoms with E-state index >= 15 is 0 Å². The van der Waals surface area contributed by atoms with Gasteiger partial charge < -0.3 is 41.9 Å². The molecule has 0 aliphatic rings. The average molecular weight is 623 g/mol. The summed E-state index contributed by atoms with van der Waals surface area (Å²) in [5, 5.41) is 28.1. The van der Waals surface area contributed by atoms with Crippen LogP contribution in [0.15, 0.2) is 60.9 Å². The van der Waals surface area contributed by atoms with Crippen LogP contribution in [-0.4, -0.2) is 79.8 Å². The summed E-state index contributed by atoms with van der Waals surface area (Å²) in [6.45, 7) is 0. The summed E-state index contributed by atoms with van der Waals surface area (Å²) in [6, 6.07) is 9.83. The molecule has 3 amide bonds. The number of carbonyl (C=O) groups excluding carboxylic acids is 3. The van der Waals surface area contributed by atoms with Crippen molar-refractivity contribution >= 4 is 64.1 Å². The minimum atomic E-state index is -1.40. The highest BCUT2D eigenvalue weighted by Crippen LogP contribution is 2.20. The molecule has 0 saturated carbocycles. The van der Waals surface area contributed by atoms with Gasteiger partial charge in [0.1, 0.15) is 18.1 Å². The predicted octanol–water partition coefficient (Wildman–Crippen LogP) is 1.10. The molecule has 14 heteroatoms. The topological polar surface area (TPSA) is 219 Å². The van der Waals surface area contributed by atoms with Crippen LogP contribution in [0.3, 0.4) is 0 Å². The van der Waals surface area contributed by atoms with Gasteiger partial charge in [-0.1, -0.05) is 36.4 Å². The summed E-state index contributed by atoms with van der Waals surface area (Å²) in [5.41, 5.74) is 9.30. The predicted molar refractivity (Wildman–Crippen MR) is 166 cm³/mol. The molecule has 4 unspecified atom stereocenters. The smallest absolute Gasteiger partial charge is 0.326 e. The molecule has 0 radical (unpaired) electrons. The number of amides is 3. The minimum Gasteiger partial charge on any atom is -0.481 e. The van der Waals surface area contributed by atoms with Gasteiger partial charge in [-0.05, 0) is 36.1 Å². The van der Waals surface area contributed by atoms with Crippen molar-refractivity contribution < 1.29 is 34.2 Å². The van der Waals surface area contributed by atoms with Crippen LogP contribution in [0, 0.1) is 0 Å². The van der Waals surface area contributed by atoms with E-state index in [1.54, 1.807) is 18.5 Å². The van der Waals surface area contributed by atoms with E-state index in [1.165, 1.54) is 0 Å². The molecule has 0 fully saturated rings. The summed E-state index contributed by atoms with van der Waals surface area (Å²) in [5.74, 6) is -4.98. The standard InChI is InChI=1S/C30H34N6O7S/c31-20(11-16-13-32-21-7-3-1-5-18(16)21)27(39)36-25(15-44)29(41)34-23(9-10-26(37)38)28(40)35-24(30(42)43)12-17-14-33-22-8-4-2-6-19(17)22/h1-8,13-14,20,23-25,32-33,44H,9-12,15,31H2,(H,34,41)(H,35,40)(H,36,39)(H,37,38)(H,42,43). The van der Waals surface area contributed by atoms with Crippen molar-refractivity contribution in [3.8, 4) is 0 Å². The van der Waals surface area contributed by atoms with Gasteiger partial charge in [0, 0.05) is 52.8 Å². The number of benzene rings is 2. The van der Waals surface area contributed by atoms with Gasteiger partial charge in [0.2, 0.25) is 17.7 Å². The second-order valence-corrected chi connectivity index (χ2v) is 10.7. The van der Waals surface area contributed by atoms with Crippen molar-refractivity contribution in [1.82, 2.24) is 25.9 Å². The monoisotopic (exact) mass is 622 g/mol. The van der Waals surface area contributed by atoms with Gasteiger partial charge in [0.05, 0.1) is 6.04 Å². The van der Waals surface area contributed by atoms with E-state index in [2.05, 4.69) is 38.5 Å². The Kier molecular flexibility index (Phi) is 10.6. The van der Waals surface area contributed by atoms with Crippen LogP contribution in [0.1, 0.15) is 24.0 Å². The van der Waals surface area contributed by atoms with Gasteiger partial charge in [-0.25, -0.2) is 4.79 Å². The number of aromatic nitrogens is 2. The molecule has 2 heterocycles.